The monoisotopic (exact) mass is 249 g/mol. The molecule has 0 heterocycles. The average Bonchev–Trinajstić information content (AvgIpc) is 2.36. The van der Waals surface area contributed by atoms with Crippen molar-refractivity contribution >= 4 is 5.91 Å². The molecular formula is C14H19NO3. The van der Waals surface area contributed by atoms with Crippen LogP contribution in [0.15, 0.2) is 24.3 Å². The first-order chi connectivity index (χ1) is 8.70. The molecule has 2 rings (SSSR count). The van der Waals surface area contributed by atoms with Crippen LogP contribution in [0.5, 0.6) is 5.75 Å². The van der Waals surface area contributed by atoms with Crippen molar-refractivity contribution in [3.05, 3.63) is 29.8 Å². The number of benzene rings is 1. The van der Waals surface area contributed by atoms with Crippen molar-refractivity contribution in [3.63, 3.8) is 0 Å². The van der Waals surface area contributed by atoms with Crippen LogP contribution in [0.3, 0.4) is 0 Å². The summed E-state index contributed by atoms with van der Waals surface area (Å²) in [6, 6.07) is 7.58. The van der Waals surface area contributed by atoms with Gasteiger partial charge in [0.05, 0.1) is 19.1 Å². The zero-order valence-electron chi connectivity index (χ0n) is 10.6. The van der Waals surface area contributed by atoms with Crippen molar-refractivity contribution in [2.45, 2.75) is 25.8 Å². The van der Waals surface area contributed by atoms with Crippen molar-refractivity contribution in [1.29, 1.82) is 0 Å². The highest BCUT2D eigenvalue weighted by Gasteiger charge is 2.43. The van der Waals surface area contributed by atoms with E-state index in [0.717, 1.165) is 30.6 Å². The lowest BCUT2D eigenvalue weighted by Gasteiger charge is -2.38. The van der Waals surface area contributed by atoms with Gasteiger partial charge in [0, 0.05) is 6.54 Å². The van der Waals surface area contributed by atoms with E-state index in [1.807, 2.05) is 24.3 Å². The van der Waals surface area contributed by atoms with Gasteiger partial charge in [0.25, 0.3) is 0 Å². The molecule has 1 aliphatic carbocycles. The molecule has 1 fully saturated rings. The fraction of sp³-hybridized carbons (Fsp3) is 0.500. The van der Waals surface area contributed by atoms with Crippen molar-refractivity contribution in [2.24, 2.45) is 5.41 Å². The highest BCUT2D eigenvalue weighted by molar-refractivity contribution is 5.83. The number of aliphatic hydroxyl groups excluding tert-OH is 1. The predicted molar refractivity (Wildman–Crippen MR) is 68.2 cm³/mol. The molecule has 0 aromatic heterocycles. The Balaban J connectivity index is 1.88. The first kappa shape index (κ1) is 12.9. The SMILES string of the molecule is COc1ccc(CNC(=O)C2(CO)CCC2)cc1. The van der Waals surface area contributed by atoms with Gasteiger partial charge in [-0.2, -0.15) is 0 Å². The fourth-order valence-corrected chi connectivity index (χ4v) is 2.17. The minimum Gasteiger partial charge on any atom is -0.497 e. The number of nitrogens with one attached hydrogen (secondary N) is 1. The van der Waals surface area contributed by atoms with Gasteiger partial charge in [-0.05, 0) is 30.5 Å². The Morgan fingerprint density at radius 1 is 1.39 bits per heavy atom. The first-order valence-electron chi connectivity index (χ1n) is 6.22. The van der Waals surface area contributed by atoms with Gasteiger partial charge < -0.3 is 15.2 Å². The molecule has 98 valence electrons. The number of carbonyl (C=O) groups is 1. The molecule has 1 amide bonds. The Labute approximate surface area is 107 Å². The van der Waals surface area contributed by atoms with Crippen LogP contribution in [0.1, 0.15) is 24.8 Å². The molecule has 2 N–H and O–H groups in total. The number of carbonyl (C=O) groups excluding carboxylic acids is 1. The first-order valence-corrected chi connectivity index (χ1v) is 6.22. The van der Waals surface area contributed by atoms with Crippen LogP contribution < -0.4 is 10.1 Å². The van der Waals surface area contributed by atoms with Crippen molar-refractivity contribution in [3.8, 4) is 5.75 Å². The molecule has 1 aliphatic rings. The van der Waals surface area contributed by atoms with Crippen LogP contribution in [0.2, 0.25) is 0 Å². The van der Waals surface area contributed by atoms with Crippen LogP contribution in [-0.4, -0.2) is 24.7 Å². The second kappa shape index (κ2) is 5.40. The van der Waals surface area contributed by atoms with E-state index in [-0.39, 0.29) is 12.5 Å². The van der Waals surface area contributed by atoms with Gasteiger partial charge in [0.2, 0.25) is 5.91 Å². The predicted octanol–water partition coefficient (Wildman–Crippen LogP) is 1.47. The molecule has 0 saturated heterocycles. The Hall–Kier alpha value is -1.55. The largest absolute Gasteiger partial charge is 0.497 e. The van der Waals surface area contributed by atoms with Gasteiger partial charge >= 0.3 is 0 Å². The quantitative estimate of drug-likeness (QED) is 0.831. The van der Waals surface area contributed by atoms with Crippen LogP contribution in [-0.2, 0) is 11.3 Å². The summed E-state index contributed by atoms with van der Waals surface area (Å²) in [7, 11) is 1.62. The Bertz CT molecular complexity index is 404. The maximum Gasteiger partial charge on any atom is 0.228 e. The summed E-state index contributed by atoms with van der Waals surface area (Å²) in [5.41, 5.74) is 0.503. The second-order valence-corrected chi connectivity index (χ2v) is 4.82. The van der Waals surface area contributed by atoms with Gasteiger partial charge in [0.1, 0.15) is 5.75 Å². The van der Waals surface area contributed by atoms with E-state index >= 15 is 0 Å². The summed E-state index contributed by atoms with van der Waals surface area (Å²) in [5, 5.41) is 12.2. The lowest BCUT2D eigenvalue weighted by atomic mass is 9.68. The minimum absolute atomic E-state index is 0.0351. The Morgan fingerprint density at radius 3 is 2.50 bits per heavy atom. The highest BCUT2D eigenvalue weighted by atomic mass is 16.5. The molecule has 1 saturated carbocycles. The van der Waals surface area contributed by atoms with Crippen molar-refractivity contribution in [2.75, 3.05) is 13.7 Å². The van der Waals surface area contributed by atoms with Gasteiger partial charge in [-0.25, -0.2) is 0 Å². The number of aliphatic hydroxyl groups is 1. The van der Waals surface area contributed by atoms with Gasteiger partial charge in [-0.15, -0.1) is 0 Å². The third kappa shape index (κ3) is 2.48. The molecular weight excluding hydrogens is 230 g/mol. The molecule has 18 heavy (non-hydrogen) atoms. The summed E-state index contributed by atoms with van der Waals surface area (Å²) in [4.78, 5) is 12.0. The fourth-order valence-electron chi connectivity index (χ4n) is 2.17. The van der Waals surface area contributed by atoms with E-state index < -0.39 is 5.41 Å². The molecule has 1 aromatic rings. The van der Waals surface area contributed by atoms with E-state index in [9.17, 15) is 9.90 Å². The van der Waals surface area contributed by atoms with Gasteiger partial charge in [-0.3, -0.25) is 4.79 Å². The minimum atomic E-state index is -0.521. The number of rotatable bonds is 5. The lowest BCUT2D eigenvalue weighted by Crippen LogP contribution is -2.47. The molecule has 0 atom stereocenters. The average molecular weight is 249 g/mol. The third-order valence-corrected chi connectivity index (χ3v) is 3.71. The van der Waals surface area contributed by atoms with E-state index in [1.54, 1.807) is 7.11 Å². The summed E-state index contributed by atoms with van der Waals surface area (Å²) < 4.78 is 5.07. The van der Waals surface area contributed by atoms with Crippen LogP contribution in [0.25, 0.3) is 0 Å². The molecule has 1 aromatic carbocycles. The van der Waals surface area contributed by atoms with E-state index in [2.05, 4.69) is 5.32 Å². The van der Waals surface area contributed by atoms with E-state index in [4.69, 9.17) is 4.74 Å². The standard InChI is InChI=1S/C14H19NO3/c1-18-12-5-3-11(4-6-12)9-15-13(17)14(10-16)7-2-8-14/h3-6,16H,2,7-10H2,1H3,(H,15,17). The zero-order valence-corrected chi connectivity index (χ0v) is 10.6. The zero-order chi connectivity index (χ0) is 13.0. The van der Waals surface area contributed by atoms with Crippen molar-refractivity contribution in [1.82, 2.24) is 5.32 Å². The number of hydrogen-bond acceptors (Lipinski definition) is 3. The van der Waals surface area contributed by atoms with Gasteiger partial charge in [0.15, 0.2) is 0 Å². The molecule has 0 aliphatic heterocycles. The number of ether oxygens (including phenoxy) is 1. The molecule has 4 heteroatoms. The molecule has 0 spiro atoms. The number of amides is 1. The summed E-state index contributed by atoms with van der Waals surface area (Å²) >= 11 is 0. The van der Waals surface area contributed by atoms with Gasteiger partial charge in [-0.1, -0.05) is 18.6 Å². The molecule has 0 radical (unpaired) electrons. The molecule has 4 nitrogen and oxygen atoms in total. The maximum atomic E-state index is 12.0. The molecule has 0 bridgehead atoms. The van der Waals surface area contributed by atoms with Crippen molar-refractivity contribution < 1.29 is 14.6 Å². The third-order valence-electron chi connectivity index (χ3n) is 3.71. The molecule has 0 unspecified atom stereocenters. The maximum absolute atomic E-state index is 12.0. The normalized spacial score (nSPS) is 16.8. The Morgan fingerprint density at radius 2 is 2.06 bits per heavy atom. The summed E-state index contributed by atoms with van der Waals surface area (Å²) in [5.74, 6) is 0.767. The van der Waals surface area contributed by atoms with E-state index in [0.29, 0.717) is 6.54 Å². The number of methoxy groups -OCH3 is 1. The smallest absolute Gasteiger partial charge is 0.228 e. The number of hydrogen-bond donors (Lipinski definition) is 2. The Kier molecular flexibility index (Phi) is 3.87. The lowest BCUT2D eigenvalue weighted by molar-refractivity contribution is -0.139. The summed E-state index contributed by atoms with van der Waals surface area (Å²) in [6.07, 6.45) is 2.60. The topological polar surface area (TPSA) is 58.6 Å². The second-order valence-electron chi connectivity index (χ2n) is 4.82. The van der Waals surface area contributed by atoms with Crippen LogP contribution in [0, 0.1) is 5.41 Å². The van der Waals surface area contributed by atoms with Crippen LogP contribution in [0.4, 0.5) is 0 Å². The van der Waals surface area contributed by atoms with Crippen LogP contribution >= 0.6 is 0 Å². The summed E-state index contributed by atoms with van der Waals surface area (Å²) in [6.45, 7) is 0.437. The highest BCUT2D eigenvalue weighted by Crippen LogP contribution is 2.40. The van der Waals surface area contributed by atoms with E-state index in [1.165, 1.54) is 0 Å².